The molecule has 36 heavy (non-hydrogen) atoms. The molecule has 0 aliphatic carbocycles. The van der Waals surface area contributed by atoms with Crippen molar-refractivity contribution in [1.82, 2.24) is 4.31 Å². The van der Waals surface area contributed by atoms with Crippen molar-refractivity contribution >= 4 is 33.3 Å². The van der Waals surface area contributed by atoms with Gasteiger partial charge in [-0.05, 0) is 55.2 Å². The van der Waals surface area contributed by atoms with Gasteiger partial charge in [-0.3, -0.25) is 9.59 Å². The standard InChI is InChI=1S/C28H30N2O5S/c1-20-15-17-21(18-16-20)36(34,35)30(19-9-3-4-14-26(31)32)28(33)27-22-10-5-7-12-24(22)29(2)25-13-8-6-11-23(25)27/h5-8,10-13,15-18,27H,3-4,9,14,19H2,1-2H3,(H,31,32). The van der Waals surface area contributed by atoms with E-state index >= 15 is 0 Å². The fourth-order valence-corrected chi connectivity index (χ4v) is 6.12. The summed E-state index contributed by atoms with van der Waals surface area (Å²) in [6.45, 7) is 1.85. The van der Waals surface area contributed by atoms with Gasteiger partial charge in [0.15, 0.2) is 0 Å². The smallest absolute Gasteiger partial charge is 0.303 e. The summed E-state index contributed by atoms with van der Waals surface area (Å²) in [7, 11) is -2.20. The maximum atomic E-state index is 14.2. The van der Waals surface area contributed by atoms with Crippen LogP contribution in [0.3, 0.4) is 0 Å². The molecule has 1 aliphatic rings. The van der Waals surface area contributed by atoms with Crippen molar-refractivity contribution < 1.29 is 23.1 Å². The van der Waals surface area contributed by atoms with Crippen LogP contribution in [0.5, 0.6) is 0 Å². The zero-order chi connectivity index (χ0) is 25.9. The Balaban J connectivity index is 1.75. The van der Waals surface area contributed by atoms with Crippen LogP contribution < -0.4 is 4.90 Å². The number of hydrogen-bond acceptors (Lipinski definition) is 5. The summed E-state index contributed by atoms with van der Waals surface area (Å²) in [5.74, 6) is -2.19. The lowest BCUT2D eigenvalue weighted by atomic mass is 9.84. The average molecular weight is 507 g/mol. The van der Waals surface area contributed by atoms with Gasteiger partial charge in [-0.15, -0.1) is 0 Å². The summed E-state index contributed by atoms with van der Waals surface area (Å²) < 4.78 is 28.6. The van der Waals surface area contributed by atoms with Gasteiger partial charge in [-0.2, -0.15) is 0 Å². The molecule has 0 unspecified atom stereocenters. The van der Waals surface area contributed by atoms with Gasteiger partial charge in [-0.25, -0.2) is 12.7 Å². The minimum Gasteiger partial charge on any atom is -0.481 e. The fraction of sp³-hybridized carbons (Fsp3) is 0.286. The van der Waals surface area contributed by atoms with Gasteiger partial charge >= 0.3 is 5.97 Å². The van der Waals surface area contributed by atoms with Gasteiger partial charge in [-0.1, -0.05) is 60.5 Å². The summed E-state index contributed by atoms with van der Waals surface area (Å²) in [6.07, 6.45) is 1.30. The normalized spacial score (nSPS) is 13.1. The first-order valence-corrected chi connectivity index (χ1v) is 13.4. The predicted molar refractivity (Wildman–Crippen MR) is 139 cm³/mol. The first-order valence-electron chi connectivity index (χ1n) is 12.0. The van der Waals surface area contributed by atoms with Crippen LogP contribution in [0.25, 0.3) is 0 Å². The van der Waals surface area contributed by atoms with Crippen molar-refractivity contribution in [3.8, 4) is 0 Å². The number of carbonyl (C=O) groups is 2. The van der Waals surface area contributed by atoms with Gasteiger partial charge in [0, 0.05) is 31.4 Å². The molecule has 1 heterocycles. The molecule has 0 saturated heterocycles. The molecule has 7 nitrogen and oxygen atoms in total. The van der Waals surface area contributed by atoms with Crippen LogP contribution in [-0.2, 0) is 19.6 Å². The Bertz CT molecular complexity index is 1320. The molecule has 0 spiro atoms. The topological polar surface area (TPSA) is 95.0 Å². The van der Waals surface area contributed by atoms with E-state index in [1.807, 2.05) is 67.4 Å². The maximum Gasteiger partial charge on any atom is 0.303 e. The van der Waals surface area contributed by atoms with Crippen LogP contribution >= 0.6 is 0 Å². The SMILES string of the molecule is Cc1ccc(S(=O)(=O)N(CCCCCC(=O)O)C(=O)C2c3ccccc3N(C)c3ccccc32)cc1. The third-order valence-electron chi connectivity index (χ3n) is 6.57. The molecule has 3 aromatic carbocycles. The number of hydrogen-bond donors (Lipinski definition) is 1. The van der Waals surface area contributed by atoms with Gasteiger partial charge in [0.05, 0.1) is 10.8 Å². The lowest BCUT2D eigenvalue weighted by Crippen LogP contribution is -2.42. The molecule has 8 heteroatoms. The zero-order valence-corrected chi connectivity index (χ0v) is 21.2. The number of carboxylic acid groups (broad SMARTS) is 1. The second-order valence-electron chi connectivity index (χ2n) is 9.04. The Morgan fingerprint density at radius 3 is 1.97 bits per heavy atom. The number of sulfonamides is 1. The number of unbranched alkanes of at least 4 members (excludes halogenated alkanes) is 2. The summed E-state index contributed by atoms with van der Waals surface area (Å²) in [5, 5.41) is 8.92. The second-order valence-corrected chi connectivity index (χ2v) is 10.9. The molecule has 1 aliphatic heterocycles. The highest BCUT2D eigenvalue weighted by Crippen LogP contribution is 2.45. The number of para-hydroxylation sites is 2. The molecule has 4 rings (SSSR count). The van der Waals surface area contributed by atoms with Gasteiger partial charge in [0.25, 0.3) is 10.0 Å². The van der Waals surface area contributed by atoms with E-state index in [0.29, 0.717) is 19.3 Å². The van der Waals surface area contributed by atoms with E-state index < -0.39 is 27.8 Å². The molecule has 0 atom stereocenters. The number of anilines is 2. The largest absolute Gasteiger partial charge is 0.481 e. The number of aryl methyl sites for hydroxylation is 1. The van der Waals surface area contributed by atoms with Crippen LogP contribution in [0, 0.1) is 6.92 Å². The number of rotatable bonds is 9. The summed E-state index contributed by atoms with van der Waals surface area (Å²) in [6, 6.07) is 21.6. The number of carboxylic acids is 1. The Labute approximate surface area is 212 Å². The lowest BCUT2D eigenvalue weighted by molar-refractivity contribution is -0.137. The van der Waals surface area contributed by atoms with Crippen LogP contribution in [0.15, 0.2) is 77.7 Å². The quantitative estimate of drug-likeness (QED) is 0.407. The number of fused-ring (bicyclic) bond motifs is 2. The number of benzene rings is 3. The molecule has 1 amide bonds. The highest BCUT2D eigenvalue weighted by Gasteiger charge is 2.40. The van der Waals surface area contributed by atoms with E-state index in [0.717, 1.165) is 32.4 Å². The Hall–Kier alpha value is -3.65. The number of amides is 1. The van der Waals surface area contributed by atoms with Crippen molar-refractivity contribution in [2.75, 3.05) is 18.5 Å². The monoisotopic (exact) mass is 506 g/mol. The molecule has 0 saturated carbocycles. The van der Waals surface area contributed by atoms with E-state index in [9.17, 15) is 18.0 Å². The zero-order valence-electron chi connectivity index (χ0n) is 20.4. The highest BCUT2D eigenvalue weighted by molar-refractivity contribution is 7.89. The average Bonchev–Trinajstić information content (AvgIpc) is 2.86. The number of nitrogens with zero attached hydrogens (tertiary/aromatic N) is 2. The van der Waals surface area contributed by atoms with E-state index in [1.165, 1.54) is 12.1 Å². The van der Waals surface area contributed by atoms with Gasteiger partial charge < -0.3 is 10.0 Å². The summed E-state index contributed by atoms with van der Waals surface area (Å²) in [5.41, 5.74) is 4.11. The van der Waals surface area contributed by atoms with Crippen LogP contribution in [0.2, 0.25) is 0 Å². The van der Waals surface area contributed by atoms with Crippen molar-refractivity contribution in [1.29, 1.82) is 0 Å². The molecular formula is C28H30N2O5S. The highest BCUT2D eigenvalue weighted by atomic mass is 32.2. The van der Waals surface area contributed by atoms with E-state index in [-0.39, 0.29) is 17.9 Å². The Morgan fingerprint density at radius 1 is 0.861 bits per heavy atom. The molecule has 1 N–H and O–H groups in total. The third kappa shape index (κ3) is 4.99. The summed E-state index contributed by atoms with van der Waals surface area (Å²) >= 11 is 0. The van der Waals surface area contributed by atoms with E-state index in [4.69, 9.17) is 5.11 Å². The van der Waals surface area contributed by atoms with Crippen molar-refractivity contribution in [2.24, 2.45) is 0 Å². The summed E-state index contributed by atoms with van der Waals surface area (Å²) in [4.78, 5) is 27.2. The van der Waals surface area contributed by atoms with Crippen LogP contribution in [0.1, 0.15) is 48.3 Å². The predicted octanol–water partition coefficient (Wildman–Crippen LogP) is 5.07. The first kappa shape index (κ1) is 25.4. The molecular weight excluding hydrogens is 476 g/mol. The molecule has 0 aromatic heterocycles. The van der Waals surface area contributed by atoms with Crippen molar-refractivity contribution in [2.45, 2.75) is 43.4 Å². The minimum atomic E-state index is -4.13. The fourth-order valence-electron chi connectivity index (χ4n) is 4.68. The van der Waals surface area contributed by atoms with Crippen LogP contribution in [-0.4, -0.2) is 43.3 Å². The van der Waals surface area contributed by atoms with E-state index in [2.05, 4.69) is 0 Å². The maximum absolute atomic E-state index is 14.2. The second kappa shape index (κ2) is 10.5. The lowest BCUT2D eigenvalue weighted by Gasteiger charge is -2.36. The molecule has 0 fully saturated rings. The van der Waals surface area contributed by atoms with Crippen molar-refractivity contribution in [3.63, 3.8) is 0 Å². The van der Waals surface area contributed by atoms with Gasteiger partial charge in [0.2, 0.25) is 5.91 Å². The molecule has 3 aromatic rings. The van der Waals surface area contributed by atoms with E-state index in [1.54, 1.807) is 12.1 Å². The van der Waals surface area contributed by atoms with Crippen LogP contribution in [0.4, 0.5) is 11.4 Å². The first-order chi connectivity index (χ1) is 17.2. The molecule has 0 radical (unpaired) electrons. The minimum absolute atomic E-state index is 0.00830. The van der Waals surface area contributed by atoms with Crippen molar-refractivity contribution in [3.05, 3.63) is 89.5 Å². The number of carbonyl (C=O) groups excluding carboxylic acids is 1. The molecule has 188 valence electrons. The Morgan fingerprint density at radius 2 is 1.42 bits per heavy atom. The molecule has 0 bridgehead atoms. The third-order valence-corrected chi connectivity index (χ3v) is 8.38. The van der Waals surface area contributed by atoms with Gasteiger partial charge in [0.1, 0.15) is 0 Å². The Kier molecular flexibility index (Phi) is 7.45. The number of aliphatic carboxylic acids is 1.